The largest absolute Gasteiger partial charge is 0.507 e. The minimum Gasteiger partial charge on any atom is -0.507 e. The van der Waals surface area contributed by atoms with Gasteiger partial charge >= 0.3 is 0 Å². The number of amides is 1. The minimum absolute atomic E-state index is 0.00843. The van der Waals surface area contributed by atoms with Crippen molar-refractivity contribution in [1.82, 2.24) is 4.57 Å². The van der Waals surface area contributed by atoms with E-state index in [-0.39, 0.29) is 17.4 Å². The fraction of sp³-hybridized carbons (Fsp3) is 0.226. The third-order valence-electron chi connectivity index (χ3n) is 6.93. The third-order valence-corrected chi connectivity index (χ3v) is 6.93. The molecule has 0 radical (unpaired) electrons. The van der Waals surface area contributed by atoms with Gasteiger partial charge in [0.15, 0.2) is 0 Å². The summed E-state index contributed by atoms with van der Waals surface area (Å²) in [6, 6.07) is 19.7. The van der Waals surface area contributed by atoms with Crippen molar-refractivity contribution in [2.75, 3.05) is 4.90 Å². The van der Waals surface area contributed by atoms with E-state index in [0.717, 1.165) is 27.6 Å². The van der Waals surface area contributed by atoms with Gasteiger partial charge in [-0.05, 0) is 81.3 Å². The number of fused-ring (bicyclic) bond motifs is 1. The highest BCUT2D eigenvalue weighted by molar-refractivity contribution is 6.51. The summed E-state index contributed by atoms with van der Waals surface area (Å²) in [5, 5.41) is 12.4. The standard InChI is InChI=1S/C31H30N2O4/c1-18(2)37-23-14-11-21(12-15-23)29(34)27-28(25-17-32(5)26-9-7-6-8-24(25)26)33(31(36)30(27)35)22-13-10-19(3)20(4)16-22/h6-18,28,34H,1-5H3/b29-27+. The molecule has 0 spiro atoms. The molecule has 0 bridgehead atoms. The molecule has 1 amide bonds. The zero-order chi connectivity index (χ0) is 26.4. The number of aromatic nitrogens is 1. The number of ether oxygens (including phenoxy) is 1. The van der Waals surface area contributed by atoms with Crippen LogP contribution in [-0.2, 0) is 16.6 Å². The summed E-state index contributed by atoms with van der Waals surface area (Å²) in [6.07, 6.45) is 1.94. The zero-order valence-electron chi connectivity index (χ0n) is 21.6. The molecule has 5 rings (SSSR count). The molecule has 1 N–H and O–H groups in total. The Kier molecular flexibility index (Phi) is 6.12. The van der Waals surface area contributed by atoms with Crippen molar-refractivity contribution in [2.45, 2.75) is 39.8 Å². The fourth-order valence-electron chi connectivity index (χ4n) is 4.98. The summed E-state index contributed by atoms with van der Waals surface area (Å²) in [7, 11) is 1.93. The normalized spacial score (nSPS) is 17.2. The number of aliphatic hydroxyl groups excluding tert-OH is 1. The van der Waals surface area contributed by atoms with E-state index >= 15 is 0 Å². The van der Waals surface area contributed by atoms with E-state index in [1.54, 1.807) is 24.3 Å². The molecular formula is C31H30N2O4. The van der Waals surface area contributed by atoms with Gasteiger partial charge in [0.05, 0.1) is 17.7 Å². The van der Waals surface area contributed by atoms with Crippen molar-refractivity contribution in [3.05, 3.63) is 101 Å². The summed E-state index contributed by atoms with van der Waals surface area (Å²) < 4.78 is 7.70. The molecule has 1 aliphatic heterocycles. The molecule has 6 nitrogen and oxygen atoms in total. The van der Waals surface area contributed by atoms with Gasteiger partial charge in [0, 0.05) is 41.0 Å². The van der Waals surface area contributed by atoms with E-state index < -0.39 is 17.7 Å². The summed E-state index contributed by atoms with van der Waals surface area (Å²) in [5.41, 5.74) is 4.97. The van der Waals surface area contributed by atoms with Gasteiger partial charge in [0.2, 0.25) is 0 Å². The highest BCUT2D eigenvalue weighted by Gasteiger charge is 2.48. The van der Waals surface area contributed by atoms with Gasteiger partial charge in [0.1, 0.15) is 11.5 Å². The minimum atomic E-state index is -0.792. The molecule has 1 fully saturated rings. The summed E-state index contributed by atoms with van der Waals surface area (Å²) in [4.78, 5) is 28.6. The van der Waals surface area contributed by atoms with Crippen molar-refractivity contribution >= 4 is 34.0 Å². The lowest BCUT2D eigenvalue weighted by Gasteiger charge is -2.25. The van der Waals surface area contributed by atoms with Gasteiger partial charge in [-0.2, -0.15) is 0 Å². The Balaban J connectivity index is 1.73. The van der Waals surface area contributed by atoms with Crippen LogP contribution in [0.25, 0.3) is 16.7 Å². The Bertz CT molecular complexity index is 1560. The van der Waals surface area contributed by atoms with Crippen LogP contribution in [0.1, 0.15) is 42.1 Å². The van der Waals surface area contributed by atoms with Crippen LogP contribution in [0.15, 0.2) is 78.5 Å². The molecule has 4 aromatic rings. The number of aryl methyl sites for hydroxylation is 3. The Hall–Kier alpha value is -4.32. The van der Waals surface area contributed by atoms with E-state index in [0.29, 0.717) is 17.0 Å². The first-order valence-corrected chi connectivity index (χ1v) is 12.4. The van der Waals surface area contributed by atoms with Crippen LogP contribution in [0.2, 0.25) is 0 Å². The first kappa shape index (κ1) is 24.4. The number of anilines is 1. The lowest BCUT2D eigenvalue weighted by molar-refractivity contribution is -0.132. The lowest BCUT2D eigenvalue weighted by atomic mass is 9.94. The Morgan fingerprint density at radius 1 is 0.946 bits per heavy atom. The van der Waals surface area contributed by atoms with E-state index in [1.807, 2.05) is 88.0 Å². The highest BCUT2D eigenvalue weighted by Crippen LogP contribution is 2.45. The number of aliphatic hydroxyl groups is 1. The molecule has 1 aliphatic rings. The van der Waals surface area contributed by atoms with E-state index in [9.17, 15) is 14.7 Å². The Labute approximate surface area is 216 Å². The molecule has 1 unspecified atom stereocenters. The van der Waals surface area contributed by atoms with Crippen molar-refractivity contribution in [2.24, 2.45) is 7.05 Å². The number of Topliss-reactive ketones (excluding diaryl/α,β-unsaturated/α-hetero) is 1. The van der Waals surface area contributed by atoms with Gasteiger partial charge in [-0.1, -0.05) is 24.3 Å². The number of ketones is 1. The van der Waals surface area contributed by atoms with Crippen LogP contribution in [0, 0.1) is 13.8 Å². The molecule has 1 atom stereocenters. The number of para-hydroxylation sites is 1. The predicted molar refractivity (Wildman–Crippen MR) is 146 cm³/mol. The number of hydrogen-bond acceptors (Lipinski definition) is 4. The van der Waals surface area contributed by atoms with Crippen molar-refractivity contribution in [3.63, 3.8) is 0 Å². The van der Waals surface area contributed by atoms with Crippen LogP contribution >= 0.6 is 0 Å². The maximum Gasteiger partial charge on any atom is 0.300 e. The molecule has 0 saturated carbocycles. The van der Waals surface area contributed by atoms with E-state index in [2.05, 4.69) is 0 Å². The van der Waals surface area contributed by atoms with Crippen molar-refractivity contribution in [3.8, 4) is 5.75 Å². The molecule has 3 aromatic carbocycles. The number of carbonyl (C=O) groups is 2. The summed E-state index contributed by atoms with van der Waals surface area (Å²) >= 11 is 0. The number of carbonyl (C=O) groups excluding carboxylic acids is 2. The van der Waals surface area contributed by atoms with Gasteiger partial charge < -0.3 is 14.4 Å². The highest BCUT2D eigenvalue weighted by atomic mass is 16.5. The molecule has 2 heterocycles. The maximum atomic E-state index is 13.6. The van der Waals surface area contributed by atoms with E-state index in [4.69, 9.17) is 4.74 Å². The van der Waals surface area contributed by atoms with Crippen LogP contribution in [-0.4, -0.2) is 27.5 Å². The third kappa shape index (κ3) is 4.18. The Morgan fingerprint density at radius 2 is 1.65 bits per heavy atom. The second-order valence-electron chi connectivity index (χ2n) is 9.84. The summed E-state index contributed by atoms with van der Waals surface area (Å²) in [5.74, 6) is -0.926. The SMILES string of the molecule is Cc1ccc(N2C(=O)C(=O)/C(=C(/O)c3ccc(OC(C)C)cc3)C2c2cn(C)c3ccccc23)cc1C. The van der Waals surface area contributed by atoms with Crippen molar-refractivity contribution < 1.29 is 19.4 Å². The average molecular weight is 495 g/mol. The second-order valence-corrected chi connectivity index (χ2v) is 9.84. The quantitative estimate of drug-likeness (QED) is 0.203. The molecule has 1 saturated heterocycles. The molecule has 6 heteroatoms. The maximum absolute atomic E-state index is 13.6. The van der Waals surface area contributed by atoms with Gasteiger partial charge in [-0.25, -0.2) is 0 Å². The van der Waals surface area contributed by atoms with Crippen LogP contribution in [0.4, 0.5) is 5.69 Å². The smallest absolute Gasteiger partial charge is 0.300 e. The van der Waals surface area contributed by atoms with Crippen LogP contribution < -0.4 is 9.64 Å². The van der Waals surface area contributed by atoms with Crippen LogP contribution in [0.3, 0.4) is 0 Å². The molecule has 188 valence electrons. The number of benzene rings is 3. The van der Waals surface area contributed by atoms with Gasteiger partial charge in [0.25, 0.3) is 11.7 Å². The fourth-order valence-corrected chi connectivity index (χ4v) is 4.98. The lowest BCUT2D eigenvalue weighted by Crippen LogP contribution is -2.29. The monoisotopic (exact) mass is 494 g/mol. The van der Waals surface area contributed by atoms with E-state index in [1.165, 1.54) is 4.90 Å². The van der Waals surface area contributed by atoms with Crippen LogP contribution in [0.5, 0.6) is 5.75 Å². The summed E-state index contributed by atoms with van der Waals surface area (Å²) in [6.45, 7) is 7.85. The average Bonchev–Trinajstić information content (AvgIpc) is 3.34. The molecular weight excluding hydrogens is 464 g/mol. The topological polar surface area (TPSA) is 71.8 Å². The zero-order valence-corrected chi connectivity index (χ0v) is 21.6. The Morgan fingerprint density at radius 3 is 2.32 bits per heavy atom. The first-order chi connectivity index (χ1) is 17.7. The molecule has 1 aromatic heterocycles. The molecule has 0 aliphatic carbocycles. The van der Waals surface area contributed by atoms with Gasteiger partial charge in [-0.15, -0.1) is 0 Å². The number of nitrogens with zero attached hydrogens (tertiary/aromatic N) is 2. The van der Waals surface area contributed by atoms with Gasteiger partial charge in [-0.3, -0.25) is 14.5 Å². The second kappa shape index (κ2) is 9.28. The number of hydrogen-bond donors (Lipinski definition) is 1. The number of rotatable bonds is 5. The predicted octanol–water partition coefficient (Wildman–Crippen LogP) is 6.21. The van der Waals surface area contributed by atoms with Crippen molar-refractivity contribution in [1.29, 1.82) is 0 Å². The first-order valence-electron chi connectivity index (χ1n) is 12.4. The molecule has 37 heavy (non-hydrogen) atoms.